The van der Waals surface area contributed by atoms with Gasteiger partial charge >= 0.3 is 5.97 Å². The summed E-state index contributed by atoms with van der Waals surface area (Å²) >= 11 is 4.20. The average Bonchev–Trinajstić information content (AvgIpc) is 2.20. The third-order valence-electron chi connectivity index (χ3n) is 2.18. The SMILES string of the molecule is O=C(O)CCCCc1cc(I)c(O)c(I)c1. The van der Waals surface area contributed by atoms with Gasteiger partial charge in [0.1, 0.15) is 5.75 Å². The number of benzene rings is 1. The zero-order valence-electron chi connectivity index (χ0n) is 8.54. The van der Waals surface area contributed by atoms with Gasteiger partial charge in [-0.3, -0.25) is 4.79 Å². The summed E-state index contributed by atoms with van der Waals surface area (Å²) in [5.74, 6) is -0.412. The van der Waals surface area contributed by atoms with Gasteiger partial charge in [0.15, 0.2) is 0 Å². The minimum Gasteiger partial charge on any atom is -0.506 e. The van der Waals surface area contributed by atoms with Gasteiger partial charge in [-0.25, -0.2) is 0 Å². The van der Waals surface area contributed by atoms with Gasteiger partial charge in [0.2, 0.25) is 0 Å². The second-order valence-corrected chi connectivity index (χ2v) is 5.83. The lowest BCUT2D eigenvalue weighted by molar-refractivity contribution is -0.137. The maximum Gasteiger partial charge on any atom is 0.303 e. The van der Waals surface area contributed by atoms with Crippen LogP contribution in [-0.2, 0) is 11.2 Å². The molecule has 0 atom stereocenters. The van der Waals surface area contributed by atoms with Crippen LogP contribution >= 0.6 is 45.2 Å². The molecule has 0 bridgehead atoms. The van der Waals surface area contributed by atoms with Gasteiger partial charge in [-0.15, -0.1) is 0 Å². The van der Waals surface area contributed by atoms with E-state index < -0.39 is 5.97 Å². The van der Waals surface area contributed by atoms with E-state index in [1.54, 1.807) is 0 Å². The maximum atomic E-state index is 10.3. The molecular formula is C11H12I2O3. The minimum absolute atomic E-state index is 0.228. The molecule has 88 valence electrons. The molecule has 0 aromatic heterocycles. The van der Waals surface area contributed by atoms with Crippen LogP contribution in [0.5, 0.6) is 5.75 Å². The Bertz CT molecular complexity index is 368. The fourth-order valence-electron chi connectivity index (χ4n) is 1.37. The Morgan fingerprint density at radius 3 is 2.25 bits per heavy atom. The van der Waals surface area contributed by atoms with Crippen LogP contribution in [0.3, 0.4) is 0 Å². The number of carbonyl (C=O) groups is 1. The number of rotatable bonds is 5. The minimum atomic E-state index is -0.741. The predicted octanol–water partition coefficient (Wildman–Crippen LogP) is 3.40. The summed E-state index contributed by atoms with van der Waals surface area (Å²) in [4.78, 5) is 10.3. The van der Waals surface area contributed by atoms with Crippen molar-refractivity contribution in [1.29, 1.82) is 0 Å². The summed E-state index contributed by atoms with van der Waals surface area (Å²) in [6.07, 6.45) is 2.65. The quantitative estimate of drug-likeness (QED) is 0.539. The predicted molar refractivity (Wildman–Crippen MR) is 78.7 cm³/mol. The average molecular weight is 446 g/mol. The van der Waals surface area contributed by atoms with Crippen molar-refractivity contribution in [3.8, 4) is 5.75 Å². The normalized spacial score (nSPS) is 10.4. The van der Waals surface area contributed by atoms with E-state index in [-0.39, 0.29) is 6.42 Å². The Balaban J connectivity index is 2.52. The van der Waals surface area contributed by atoms with E-state index in [1.807, 2.05) is 12.1 Å². The Kier molecular flexibility index (Phi) is 5.81. The molecule has 0 radical (unpaired) electrons. The topological polar surface area (TPSA) is 57.5 Å². The van der Waals surface area contributed by atoms with Crippen molar-refractivity contribution in [2.24, 2.45) is 0 Å². The van der Waals surface area contributed by atoms with E-state index in [4.69, 9.17) is 5.11 Å². The standard InChI is InChI=1S/C11H12I2O3/c12-8-5-7(6-9(13)11(8)16)3-1-2-4-10(14)15/h5-6,16H,1-4H2,(H,14,15). The third-order valence-corrected chi connectivity index (χ3v) is 3.83. The summed E-state index contributed by atoms with van der Waals surface area (Å²) in [7, 11) is 0. The number of hydrogen-bond donors (Lipinski definition) is 2. The van der Waals surface area contributed by atoms with E-state index >= 15 is 0 Å². The lowest BCUT2D eigenvalue weighted by atomic mass is 10.1. The molecule has 0 unspecified atom stereocenters. The highest BCUT2D eigenvalue weighted by Gasteiger charge is 2.05. The lowest BCUT2D eigenvalue weighted by Gasteiger charge is -2.05. The van der Waals surface area contributed by atoms with E-state index in [0.29, 0.717) is 12.2 Å². The molecule has 1 aromatic rings. The van der Waals surface area contributed by atoms with Crippen molar-refractivity contribution in [2.45, 2.75) is 25.7 Å². The molecule has 0 saturated heterocycles. The van der Waals surface area contributed by atoms with Crippen molar-refractivity contribution in [3.63, 3.8) is 0 Å². The van der Waals surface area contributed by atoms with Crippen LogP contribution in [0.2, 0.25) is 0 Å². The summed E-state index contributed by atoms with van der Waals surface area (Å²) in [6.45, 7) is 0. The molecule has 1 aromatic carbocycles. The Labute approximate surface area is 122 Å². The number of aliphatic carboxylic acids is 1. The first-order chi connectivity index (χ1) is 7.50. The van der Waals surface area contributed by atoms with Crippen molar-refractivity contribution in [2.75, 3.05) is 0 Å². The molecule has 0 fully saturated rings. The third kappa shape index (κ3) is 4.44. The number of halogens is 2. The molecule has 0 aliphatic rings. The van der Waals surface area contributed by atoms with Crippen LogP contribution in [0.1, 0.15) is 24.8 Å². The highest BCUT2D eigenvalue weighted by Crippen LogP contribution is 2.27. The van der Waals surface area contributed by atoms with Gasteiger partial charge in [0.25, 0.3) is 0 Å². The molecule has 0 amide bonds. The van der Waals surface area contributed by atoms with Crippen LogP contribution in [0.25, 0.3) is 0 Å². The maximum absolute atomic E-state index is 10.3. The number of carboxylic acids is 1. The van der Waals surface area contributed by atoms with E-state index in [9.17, 15) is 9.90 Å². The molecule has 3 nitrogen and oxygen atoms in total. The fraction of sp³-hybridized carbons (Fsp3) is 0.364. The van der Waals surface area contributed by atoms with Crippen molar-refractivity contribution >= 4 is 51.2 Å². The van der Waals surface area contributed by atoms with Crippen molar-refractivity contribution in [1.82, 2.24) is 0 Å². The summed E-state index contributed by atoms with van der Waals surface area (Å²) in [5, 5.41) is 18.1. The smallest absolute Gasteiger partial charge is 0.303 e. The first kappa shape index (κ1) is 14.0. The van der Waals surface area contributed by atoms with Gasteiger partial charge in [-0.05, 0) is 82.1 Å². The van der Waals surface area contributed by atoms with E-state index in [1.165, 1.54) is 0 Å². The first-order valence-electron chi connectivity index (χ1n) is 4.89. The number of aromatic hydroxyl groups is 1. The monoisotopic (exact) mass is 446 g/mol. The molecule has 1 rings (SSSR count). The number of phenols is 1. The van der Waals surface area contributed by atoms with Crippen LogP contribution in [0.4, 0.5) is 0 Å². The number of unbranched alkanes of at least 4 members (excludes halogenated alkanes) is 1. The van der Waals surface area contributed by atoms with Crippen molar-refractivity contribution < 1.29 is 15.0 Å². The zero-order valence-corrected chi connectivity index (χ0v) is 12.9. The molecule has 16 heavy (non-hydrogen) atoms. The second kappa shape index (κ2) is 6.63. The van der Waals surface area contributed by atoms with Crippen LogP contribution in [0, 0.1) is 7.14 Å². The Hall–Kier alpha value is -0.0500. The second-order valence-electron chi connectivity index (χ2n) is 3.51. The van der Waals surface area contributed by atoms with Gasteiger partial charge in [-0.1, -0.05) is 0 Å². The number of phenolic OH excluding ortho intramolecular Hbond substituents is 1. The summed E-state index contributed by atoms with van der Waals surface area (Å²) < 4.78 is 1.69. The molecule has 0 spiro atoms. The molecule has 0 aliphatic heterocycles. The highest BCUT2D eigenvalue weighted by atomic mass is 127. The number of carboxylic acid groups (broad SMARTS) is 1. The highest BCUT2D eigenvalue weighted by molar-refractivity contribution is 14.1. The molecule has 5 heteroatoms. The van der Waals surface area contributed by atoms with Crippen LogP contribution in [0.15, 0.2) is 12.1 Å². The Morgan fingerprint density at radius 2 is 1.75 bits per heavy atom. The molecule has 0 aliphatic carbocycles. The van der Waals surface area contributed by atoms with Gasteiger partial charge in [0.05, 0.1) is 7.14 Å². The zero-order chi connectivity index (χ0) is 12.1. The van der Waals surface area contributed by atoms with Gasteiger partial charge in [0, 0.05) is 6.42 Å². The van der Waals surface area contributed by atoms with Crippen LogP contribution < -0.4 is 0 Å². The molecule has 2 N–H and O–H groups in total. The Morgan fingerprint density at radius 1 is 1.19 bits per heavy atom. The molecular weight excluding hydrogens is 434 g/mol. The first-order valence-corrected chi connectivity index (χ1v) is 7.05. The van der Waals surface area contributed by atoms with E-state index in [0.717, 1.165) is 25.5 Å². The molecule has 0 heterocycles. The largest absolute Gasteiger partial charge is 0.506 e. The molecule has 0 saturated carbocycles. The lowest BCUT2D eigenvalue weighted by Crippen LogP contribution is -1.95. The van der Waals surface area contributed by atoms with Gasteiger partial charge in [-0.2, -0.15) is 0 Å². The van der Waals surface area contributed by atoms with Crippen molar-refractivity contribution in [3.05, 3.63) is 24.8 Å². The van der Waals surface area contributed by atoms with Crippen LogP contribution in [-0.4, -0.2) is 16.2 Å². The number of aryl methyl sites for hydroxylation is 1. The summed E-state index contributed by atoms with van der Waals surface area (Å²) in [5.41, 5.74) is 1.15. The number of hydrogen-bond acceptors (Lipinski definition) is 2. The van der Waals surface area contributed by atoms with E-state index in [2.05, 4.69) is 45.2 Å². The van der Waals surface area contributed by atoms with Gasteiger partial charge < -0.3 is 10.2 Å². The fourth-order valence-corrected chi connectivity index (χ4v) is 3.26. The summed E-state index contributed by atoms with van der Waals surface area (Å²) in [6, 6.07) is 3.89.